The van der Waals surface area contributed by atoms with Gasteiger partial charge >= 0.3 is 0 Å². The van der Waals surface area contributed by atoms with Crippen LogP contribution < -0.4 is 0 Å². The first-order chi connectivity index (χ1) is 5.31. The van der Waals surface area contributed by atoms with Gasteiger partial charge in [-0.25, -0.2) is 8.42 Å². The average molecular weight is 190 g/mol. The van der Waals surface area contributed by atoms with Gasteiger partial charge in [-0.05, 0) is 25.8 Å². The van der Waals surface area contributed by atoms with Crippen molar-refractivity contribution >= 4 is 9.84 Å². The van der Waals surface area contributed by atoms with Crippen LogP contribution in [0.3, 0.4) is 0 Å². The molecule has 1 N–H and O–H groups in total. The minimum absolute atomic E-state index is 0.0670. The fourth-order valence-electron chi connectivity index (χ4n) is 1.54. The Bertz CT molecular complexity index is 304. The molecule has 0 aromatic heterocycles. The van der Waals surface area contributed by atoms with Crippen LogP contribution in [0.15, 0.2) is 12.2 Å². The van der Waals surface area contributed by atoms with Gasteiger partial charge < -0.3 is 5.11 Å². The van der Waals surface area contributed by atoms with Crippen LogP contribution in [-0.4, -0.2) is 30.1 Å². The maximum absolute atomic E-state index is 11.3. The first-order valence-electron chi connectivity index (χ1n) is 3.90. The summed E-state index contributed by atoms with van der Waals surface area (Å²) in [6, 6.07) is 0. The lowest BCUT2D eigenvalue weighted by Crippen LogP contribution is -2.38. The molecule has 0 aromatic rings. The van der Waals surface area contributed by atoms with Gasteiger partial charge in [0.2, 0.25) is 0 Å². The molecule has 0 amide bonds. The molecule has 0 aromatic carbocycles. The molecule has 1 fully saturated rings. The Balaban J connectivity index is 3.09. The Hall–Kier alpha value is -0.350. The van der Waals surface area contributed by atoms with Crippen molar-refractivity contribution in [2.24, 2.45) is 0 Å². The van der Waals surface area contributed by atoms with E-state index in [0.29, 0.717) is 5.57 Å². The van der Waals surface area contributed by atoms with Crippen molar-refractivity contribution in [3.63, 3.8) is 0 Å². The molecule has 1 aliphatic rings. The van der Waals surface area contributed by atoms with Gasteiger partial charge in [0.05, 0.1) is 11.0 Å². The van der Waals surface area contributed by atoms with Crippen molar-refractivity contribution in [1.82, 2.24) is 0 Å². The fraction of sp³-hybridized carbons (Fsp3) is 0.750. The summed E-state index contributed by atoms with van der Waals surface area (Å²) < 4.78 is 22.6. The van der Waals surface area contributed by atoms with Gasteiger partial charge in [0.1, 0.15) is 5.60 Å². The number of aliphatic hydroxyl groups is 1. The Morgan fingerprint density at radius 2 is 2.17 bits per heavy atom. The molecule has 0 aliphatic carbocycles. The minimum Gasteiger partial charge on any atom is -0.384 e. The summed E-state index contributed by atoms with van der Waals surface area (Å²) in [6.45, 7) is 6.81. The van der Waals surface area contributed by atoms with Gasteiger partial charge in [0, 0.05) is 0 Å². The van der Waals surface area contributed by atoms with Crippen LogP contribution in [0.1, 0.15) is 20.3 Å². The van der Waals surface area contributed by atoms with Crippen molar-refractivity contribution in [1.29, 1.82) is 0 Å². The Morgan fingerprint density at radius 1 is 1.67 bits per heavy atom. The summed E-state index contributed by atoms with van der Waals surface area (Å²) >= 11 is 0. The van der Waals surface area contributed by atoms with E-state index >= 15 is 0 Å². The van der Waals surface area contributed by atoms with Gasteiger partial charge in [0.25, 0.3) is 0 Å². The molecule has 70 valence electrons. The average Bonchev–Trinajstić information content (AvgIpc) is 2.15. The van der Waals surface area contributed by atoms with E-state index < -0.39 is 20.7 Å². The second-order valence-corrected chi connectivity index (χ2v) is 5.90. The molecular formula is C8H14O3S. The van der Waals surface area contributed by atoms with E-state index in [-0.39, 0.29) is 12.2 Å². The number of hydrogen-bond donors (Lipinski definition) is 1. The lowest BCUT2D eigenvalue weighted by atomic mass is 9.90. The first-order valence-corrected chi connectivity index (χ1v) is 5.62. The molecule has 1 aliphatic heterocycles. The molecule has 0 radical (unpaired) electrons. The molecule has 0 spiro atoms. The van der Waals surface area contributed by atoms with E-state index in [2.05, 4.69) is 6.58 Å². The second kappa shape index (κ2) is 2.57. The zero-order chi connectivity index (χ0) is 9.57. The second-order valence-electron chi connectivity index (χ2n) is 3.46. The SMILES string of the molecule is C=C(C)C1(O)CCS(=O)(=O)C1C. The van der Waals surface area contributed by atoms with E-state index in [1.807, 2.05) is 0 Å². The van der Waals surface area contributed by atoms with Crippen LogP contribution in [-0.2, 0) is 9.84 Å². The molecule has 12 heavy (non-hydrogen) atoms. The highest BCUT2D eigenvalue weighted by Gasteiger charge is 2.48. The molecular weight excluding hydrogens is 176 g/mol. The molecule has 4 heteroatoms. The van der Waals surface area contributed by atoms with E-state index in [1.165, 1.54) is 6.92 Å². The topological polar surface area (TPSA) is 54.4 Å². The summed E-state index contributed by atoms with van der Waals surface area (Å²) in [6.07, 6.45) is 0.284. The number of sulfone groups is 1. The van der Waals surface area contributed by atoms with E-state index in [0.717, 1.165) is 0 Å². The maximum Gasteiger partial charge on any atom is 0.156 e. The summed E-state index contributed by atoms with van der Waals surface area (Å²) in [7, 11) is -3.09. The van der Waals surface area contributed by atoms with Gasteiger partial charge in [-0.2, -0.15) is 0 Å². The molecule has 0 bridgehead atoms. The van der Waals surface area contributed by atoms with Crippen LogP contribution in [0.25, 0.3) is 0 Å². The third kappa shape index (κ3) is 1.19. The first kappa shape index (κ1) is 9.74. The quantitative estimate of drug-likeness (QED) is 0.613. The fourth-order valence-corrected chi connectivity index (χ4v) is 3.40. The van der Waals surface area contributed by atoms with Crippen molar-refractivity contribution in [3.05, 3.63) is 12.2 Å². The van der Waals surface area contributed by atoms with Gasteiger partial charge in [-0.3, -0.25) is 0 Å². The molecule has 2 atom stereocenters. The molecule has 2 unspecified atom stereocenters. The lowest BCUT2D eigenvalue weighted by molar-refractivity contribution is 0.0838. The van der Waals surface area contributed by atoms with E-state index in [4.69, 9.17) is 0 Å². The molecule has 1 rings (SSSR count). The summed E-state index contributed by atoms with van der Waals surface area (Å²) in [5, 5.41) is 9.19. The highest BCUT2D eigenvalue weighted by Crippen LogP contribution is 2.35. The van der Waals surface area contributed by atoms with Crippen LogP contribution in [0.5, 0.6) is 0 Å². The highest BCUT2D eigenvalue weighted by atomic mass is 32.2. The summed E-state index contributed by atoms with van der Waals surface area (Å²) in [4.78, 5) is 0. The monoisotopic (exact) mass is 190 g/mol. The third-order valence-electron chi connectivity index (χ3n) is 2.72. The minimum atomic E-state index is -3.09. The highest BCUT2D eigenvalue weighted by molar-refractivity contribution is 7.92. The largest absolute Gasteiger partial charge is 0.384 e. The molecule has 1 heterocycles. The zero-order valence-electron chi connectivity index (χ0n) is 7.37. The Morgan fingerprint density at radius 3 is 2.33 bits per heavy atom. The maximum atomic E-state index is 11.3. The van der Waals surface area contributed by atoms with Crippen molar-refractivity contribution < 1.29 is 13.5 Å². The van der Waals surface area contributed by atoms with Gasteiger partial charge in [0.15, 0.2) is 9.84 Å². The van der Waals surface area contributed by atoms with Crippen LogP contribution in [0.2, 0.25) is 0 Å². The van der Waals surface area contributed by atoms with Gasteiger partial charge in [-0.15, -0.1) is 0 Å². The van der Waals surface area contributed by atoms with Crippen LogP contribution in [0.4, 0.5) is 0 Å². The zero-order valence-corrected chi connectivity index (χ0v) is 8.19. The summed E-state index contributed by atoms with van der Waals surface area (Å²) in [5.41, 5.74) is -0.658. The predicted octanol–water partition coefficient (Wildman–Crippen LogP) is 0.501. The standard InChI is InChI=1S/C8H14O3S/c1-6(2)8(9)4-5-12(10,11)7(8)3/h7,9H,1,4-5H2,2-3H3. The number of rotatable bonds is 1. The predicted molar refractivity (Wildman–Crippen MR) is 47.6 cm³/mol. The molecule has 3 nitrogen and oxygen atoms in total. The Kier molecular flexibility index (Phi) is 2.08. The van der Waals surface area contributed by atoms with Crippen molar-refractivity contribution in [2.75, 3.05) is 5.75 Å². The normalized spacial score (nSPS) is 39.8. The van der Waals surface area contributed by atoms with Crippen LogP contribution in [0, 0.1) is 0 Å². The molecule has 0 saturated carbocycles. The Labute approximate surface area is 73.0 Å². The number of hydrogen-bond acceptors (Lipinski definition) is 3. The lowest BCUT2D eigenvalue weighted by Gasteiger charge is -2.26. The van der Waals surface area contributed by atoms with Crippen molar-refractivity contribution in [3.8, 4) is 0 Å². The smallest absolute Gasteiger partial charge is 0.156 e. The molecule has 1 saturated heterocycles. The third-order valence-corrected chi connectivity index (χ3v) is 4.96. The van der Waals surface area contributed by atoms with Gasteiger partial charge in [-0.1, -0.05) is 6.58 Å². The van der Waals surface area contributed by atoms with Crippen molar-refractivity contribution in [2.45, 2.75) is 31.1 Å². The van der Waals surface area contributed by atoms with E-state index in [9.17, 15) is 13.5 Å². The van der Waals surface area contributed by atoms with Crippen LogP contribution >= 0.6 is 0 Å². The summed E-state index contributed by atoms with van der Waals surface area (Å²) in [5.74, 6) is 0.0670. The van der Waals surface area contributed by atoms with E-state index in [1.54, 1.807) is 6.92 Å².